The molecule has 3 N–H and O–H groups in total. The summed E-state index contributed by atoms with van der Waals surface area (Å²) in [4.78, 5) is 15.5. The quantitative estimate of drug-likeness (QED) is 0.631. The zero-order valence-electron chi connectivity index (χ0n) is 9.22. The average molecular weight is 269 g/mol. The molecular formula is C9H11N5O3S. The van der Waals surface area contributed by atoms with Gasteiger partial charge in [-0.1, -0.05) is 5.21 Å². The van der Waals surface area contributed by atoms with Gasteiger partial charge >= 0.3 is 0 Å². The third-order valence-corrected chi connectivity index (χ3v) is 4.52. The average Bonchev–Trinajstić information content (AvgIpc) is 2.93. The molecule has 3 rings (SSSR count). The molecule has 0 aliphatic carbocycles. The minimum Gasteiger partial charge on any atom is -0.395 e. The second kappa shape index (κ2) is 4.34. The Balaban J connectivity index is 2.01. The molecule has 1 aliphatic rings. The number of rotatable bonds is 2. The van der Waals surface area contributed by atoms with Gasteiger partial charge in [-0.25, -0.2) is 10.1 Å². The van der Waals surface area contributed by atoms with Crippen LogP contribution in [0.4, 0.5) is 0 Å². The Hall–Kier alpha value is -1.45. The van der Waals surface area contributed by atoms with Crippen LogP contribution >= 0.6 is 11.8 Å². The van der Waals surface area contributed by atoms with Gasteiger partial charge in [0.05, 0.1) is 29.7 Å². The van der Waals surface area contributed by atoms with Gasteiger partial charge in [-0.15, -0.1) is 16.9 Å². The van der Waals surface area contributed by atoms with E-state index in [9.17, 15) is 9.90 Å². The number of nitrogens with zero attached hydrogens (tertiary/aromatic N) is 4. The molecule has 1 saturated heterocycles. The summed E-state index contributed by atoms with van der Waals surface area (Å²) in [6, 6.07) is 0. The first kappa shape index (κ1) is 11.6. The van der Waals surface area contributed by atoms with E-state index in [2.05, 4.69) is 20.4 Å². The minimum atomic E-state index is -0.572. The van der Waals surface area contributed by atoms with Crippen LogP contribution in [0.3, 0.4) is 0 Å². The summed E-state index contributed by atoms with van der Waals surface area (Å²) in [6.07, 6.45) is 1.42. The highest BCUT2D eigenvalue weighted by atomic mass is 32.2. The molecule has 3 heterocycles. The molecule has 2 aromatic heterocycles. The highest BCUT2D eigenvalue weighted by molar-refractivity contribution is 8.00. The number of H-pyrrole nitrogens is 1. The predicted octanol–water partition coefficient (Wildman–Crippen LogP) is -1.13. The van der Waals surface area contributed by atoms with Crippen molar-refractivity contribution in [1.82, 2.24) is 25.0 Å². The molecule has 3 atom stereocenters. The van der Waals surface area contributed by atoms with E-state index in [-0.39, 0.29) is 28.3 Å². The second-order valence-electron chi connectivity index (χ2n) is 4.08. The van der Waals surface area contributed by atoms with Gasteiger partial charge in [0.2, 0.25) is 0 Å². The lowest BCUT2D eigenvalue weighted by Gasteiger charge is -2.10. The van der Waals surface area contributed by atoms with Gasteiger partial charge < -0.3 is 14.8 Å². The van der Waals surface area contributed by atoms with Crippen molar-refractivity contribution in [1.29, 1.82) is 0 Å². The Morgan fingerprint density at radius 3 is 3.17 bits per heavy atom. The van der Waals surface area contributed by atoms with Crippen LogP contribution in [-0.2, 0) is 0 Å². The fourth-order valence-corrected chi connectivity index (χ4v) is 3.42. The molecule has 0 saturated carbocycles. The van der Waals surface area contributed by atoms with Crippen molar-refractivity contribution in [2.45, 2.75) is 23.1 Å². The number of hydrogen-bond donors (Lipinski definition) is 3. The van der Waals surface area contributed by atoms with E-state index in [1.54, 1.807) is 4.57 Å². The summed E-state index contributed by atoms with van der Waals surface area (Å²) in [6.45, 7) is -0.0821. The Bertz CT molecular complexity index is 626. The molecule has 0 bridgehead atoms. The fraction of sp³-hybridized carbons (Fsp3) is 0.556. The number of hydrogen-bond acceptors (Lipinski definition) is 7. The van der Waals surface area contributed by atoms with Crippen LogP contribution in [-0.4, -0.2) is 53.1 Å². The monoisotopic (exact) mass is 269 g/mol. The predicted molar refractivity (Wildman–Crippen MR) is 64.1 cm³/mol. The highest BCUT2D eigenvalue weighted by Crippen LogP contribution is 2.42. The first-order chi connectivity index (χ1) is 8.70. The molecule has 96 valence electrons. The SMILES string of the molecule is O=c1[nH]nnc2c1ncn2C1CC(O)C(CO)S1. The molecular weight excluding hydrogens is 258 g/mol. The molecule has 2 aromatic rings. The third-order valence-electron chi connectivity index (χ3n) is 2.97. The lowest BCUT2D eigenvalue weighted by atomic mass is 10.2. The molecule has 0 radical (unpaired) electrons. The summed E-state index contributed by atoms with van der Waals surface area (Å²) in [5.41, 5.74) is 0.232. The Morgan fingerprint density at radius 1 is 1.61 bits per heavy atom. The van der Waals surface area contributed by atoms with Crippen molar-refractivity contribution >= 4 is 22.9 Å². The highest BCUT2D eigenvalue weighted by Gasteiger charge is 2.35. The number of aromatic nitrogens is 5. The van der Waals surface area contributed by atoms with Crippen LogP contribution in [0.5, 0.6) is 0 Å². The number of aliphatic hydroxyl groups excluding tert-OH is 2. The van der Waals surface area contributed by atoms with E-state index in [0.29, 0.717) is 12.1 Å². The molecule has 1 aliphatic heterocycles. The number of aromatic amines is 1. The number of fused-ring (bicyclic) bond motifs is 1. The Morgan fingerprint density at radius 2 is 2.44 bits per heavy atom. The molecule has 0 aromatic carbocycles. The van der Waals surface area contributed by atoms with Crippen molar-refractivity contribution in [2.75, 3.05) is 6.61 Å². The van der Waals surface area contributed by atoms with Crippen LogP contribution in [0.2, 0.25) is 0 Å². The van der Waals surface area contributed by atoms with Crippen LogP contribution < -0.4 is 5.56 Å². The van der Waals surface area contributed by atoms with Crippen molar-refractivity contribution in [2.24, 2.45) is 0 Å². The Labute approximate surface area is 105 Å². The van der Waals surface area contributed by atoms with Gasteiger partial charge in [0, 0.05) is 6.42 Å². The topological polar surface area (TPSA) is 117 Å². The number of nitrogens with one attached hydrogen (secondary N) is 1. The smallest absolute Gasteiger partial charge is 0.295 e. The molecule has 8 nitrogen and oxygen atoms in total. The van der Waals surface area contributed by atoms with Crippen molar-refractivity contribution in [3.05, 3.63) is 16.7 Å². The lowest BCUT2D eigenvalue weighted by Crippen LogP contribution is -2.20. The van der Waals surface area contributed by atoms with Crippen molar-refractivity contribution in [3.8, 4) is 0 Å². The van der Waals surface area contributed by atoms with Gasteiger partial charge in [-0.2, -0.15) is 0 Å². The largest absolute Gasteiger partial charge is 0.395 e. The molecule has 9 heteroatoms. The fourth-order valence-electron chi connectivity index (χ4n) is 2.05. The first-order valence-electron chi connectivity index (χ1n) is 5.43. The zero-order valence-corrected chi connectivity index (χ0v) is 10.0. The van der Waals surface area contributed by atoms with E-state index in [0.717, 1.165) is 0 Å². The third kappa shape index (κ3) is 1.71. The normalized spacial score (nSPS) is 28.0. The number of imidazole rings is 1. The standard InChI is InChI=1S/C9H11N5O3S/c15-2-5-4(16)1-6(18-5)14-3-10-7-8(14)11-13-12-9(7)17/h3-6,15-16H,1-2H2,(H,11,12,17). The van der Waals surface area contributed by atoms with E-state index in [1.165, 1.54) is 18.1 Å². The molecule has 1 fully saturated rings. The van der Waals surface area contributed by atoms with Crippen LogP contribution in [0.1, 0.15) is 11.8 Å². The van der Waals surface area contributed by atoms with E-state index in [4.69, 9.17) is 5.11 Å². The van der Waals surface area contributed by atoms with Gasteiger partial charge in [-0.3, -0.25) is 4.79 Å². The summed E-state index contributed by atoms with van der Waals surface area (Å²) in [5, 5.41) is 28.2. The maximum Gasteiger partial charge on any atom is 0.295 e. The van der Waals surface area contributed by atoms with E-state index >= 15 is 0 Å². The maximum atomic E-state index is 11.5. The molecule has 0 spiro atoms. The van der Waals surface area contributed by atoms with Gasteiger partial charge in [0.25, 0.3) is 5.56 Å². The molecule has 3 unspecified atom stereocenters. The number of aliphatic hydroxyl groups is 2. The summed E-state index contributed by atoms with van der Waals surface area (Å²) < 4.78 is 1.71. The van der Waals surface area contributed by atoms with Crippen LogP contribution in [0.25, 0.3) is 11.2 Å². The lowest BCUT2D eigenvalue weighted by molar-refractivity contribution is 0.138. The zero-order chi connectivity index (χ0) is 12.7. The van der Waals surface area contributed by atoms with Crippen LogP contribution in [0, 0.1) is 0 Å². The Kier molecular flexibility index (Phi) is 2.80. The van der Waals surface area contributed by atoms with Gasteiger partial charge in [0.15, 0.2) is 11.2 Å². The first-order valence-corrected chi connectivity index (χ1v) is 6.37. The van der Waals surface area contributed by atoms with Crippen molar-refractivity contribution < 1.29 is 10.2 Å². The minimum absolute atomic E-state index is 0.0821. The van der Waals surface area contributed by atoms with Gasteiger partial charge in [-0.05, 0) is 0 Å². The second-order valence-corrected chi connectivity index (χ2v) is 5.50. The molecule has 18 heavy (non-hydrogen) atoms. The van der Waals surface area contributed by atoms with Crippen LogP contribution in [0.15, 0.2) is 11.1 Å². The summed E-state index contributed by atoms with van der Waals surface area (Å²) in [5.74, 6) is 0. The number of thioether (sulfide) groups is 1. The van der Waals surface area contributed by atoms with Gasteiger partial charge in [0.1, 0.15) is 0 Å². The van der Waals surface area contributed by atoms with Crippen molar-refractivity contribution in [3.63, 3.8) is 0 Å². The van der Waals surface area contributed by atoms with E-state index in [1.807, 2.05) is 0 Å². The summed E-state index contributed by atoms with van der Waals surface area (Å²) >= 11 is 1.44. The summed E-state index contributed by atoms with van der Waals surface area (Å²) in [7, 11) is 0. The molecule has 0 amide bonds. The maximum absolute atomic E-state index is 11.5. The van der Waals surface area contributed by atoms with E-state index < -0.39 is 6.10 Å².